The van der Waals surface area contributed by atoms with E-state index < -0.39 is 0 Å². The van der Waals surface area contributed by atoms with Gasteiger partial charge < -0.3 is 10.6 Å². The van der Waals surface area contributed by atoms with E-state index in [0.29, 0.717) is 0 Å². The second-order valence-electron chi connectivity index (χ2n) is 5.47. The molecule has 0 bridgehead atoms. The van der Waals surface area contributed by atoms with E-state index >= 15 is 0 Å². The third-order valence-corrected chi connectivity index (χ3v) is 3.36. The summed E-state index contributed by atoms with van der Waals surface area (Å²) in [6.45, 7) is 5.84. The van der Waals surface area contributed by atoms with Crippen molar-refractivity contribution in [1.82, 2.24) is 9.78 Å². The molecule has 1 amide bonds. The molecule has 0 radical (unpaired) electrons. The van der Waals surface area contributed by atoms with Crippen LogP contribution in [0.4, 0.5) is 11.4 Å². The number of carbonyl (C=O) groups excluding carboxylic acids is 1. The average Bonchev–Trinajstić information content (AvgIpc) is 2.87. The molecular formula is C16H22N4O. The van der Waals surface area contributed by atoms with Crippen LogP contribution in [0.5, 0.6) is 0 Å². The molecule has 21 heavy (non-hydrogen) atoms. The Morgan fingerprint density at radius 3 is 2.24 bits per heavy atom. The third kappa shape index (κ3) is 3.84. The van der Waals surface area contributed by atoms with Gasteiger partial charge in [-0.3, -0.25) is 9.48 Å². The lowest BCUT2D eigenvalue weighted by molar-refractivity contribution is -0.118. The molecule has 1 aromatic carbocycles. The first-order valence-electron chi connectivity index (χ1n) is 7.12. The van der Waals surface area contributed by atoms with Crippen LogP contribution < -0.4 is 10.6 Å². The number of carbonyl (C=O) groups is 1. The van der Waals surface area contributed by atoms with Gasteiger partial charge in [-0.05, 0) is 37.3 Å². The second-order valence-corrected chi connectivity index (χ2v) is 5.47. The number of nitrogens with zero attached hydrogens (tertiary/aromatic N) is 2. The minimum absolute atomic E-state index is 0.0207. The Balaban J connectivity index is 1.99. The fourth-order valence-corrected chi connectivity index (χ4v) is 2.07. The summed E-state index contributed by atoms with van der Waals surface area (Å²) in [5.74, 6) is 0.00614. The Labute approximate surface area is 125 Å². The van der Waals surface area contributed by atoms with Crippen LogP contribution in [0.3, 0.4) is 0 Å². The maximum absolute atomic E-state index is 11.6. The maximum Gasteiger partial charge on any atom is 0.226 e. The number of rotatable bonds is 5. The standard InChI is InChI=1S/C16H22N4O/c1-11(2)16(21)19-14-7-5-13(6-8-14)18-12(3)15-9-10-17-20(15)4/h5-12,18H,1-4H3,(H,19,21). The van der Waals surface area contributed by atoms with Gasteiger partial charge in [-0.25, -0.2) is 0 Å². The van der Waals surface area contributed by atoms with E-state index in [1.54, 1.807) is 6.20 Å². The number of benzene rings is 1. The van der Waals surface area contributed by atoms with Gasteiger partial charge >= 0.3 is 0 Å². The Kier molecular flexibility index (Phi) is 4.62. The summed E-state index contributed by atoms with van der Waals surface area (Å²) < 4.78 is 1.86. The first-order valence-corrected chi connectivity index (χ1v) is 7.12. The number of hydrogen-bond acceptors (Lipinski definition) is 3. The summed E-state index contributed by atoms with van der Waals surface area (Å²) in [5.41, 5.74) is 2.94. The van der Waals surface area contributed by atoms with E-state index in [2.05, 4.69) is 22.7 Å². The fraction of sp³-hybridized carbons (Fsp3) is 0.375. The summed E-state index contributed by atoms with van der Waals surface area (Å²) >= 11 is 0. The summed E-state index contributed by atoms with van der Waals surface area (Å²) in [6, 6.07) is 9.88. The molecule has 1 aromatic heterocycles. The Bertz CT molecular complexity index is 601. The van der Waals surface area contributed by atoms with Gasteiger partial charge in [-0.2, -0.15) is 5.10 Å². The maximum atomic E-state index is 11.6. The van der Waals surface area contributed by atoms with Crippen molar-refractivity contribution in [3.05, 3.63) is 42.2 Å². The molecule has 0 spiro atoms. The molecule has 112 valence electrons. The monoisotopic (exact) mass is 286 g/mol. The number of aromatic nitrogens is 2. The number of anilines is 2. The average molecular weight is 286 g/mol. The van der Waals surface area contributed by atoms with Crippen LogP contribution >= 0.6 is 0 Å². The smallest absolute Gasteiger partial charge is 0.226 e. The van der Waals surface area contributed by atoms with E-state index in [1.165, 1.54) is 0 Å². The lowest BCUT2D eigenvalue weighted by Crippen LogP contribution is -2.17. The van der Waals surface area contributed by atoms with Crippen molar-refractivity contribution in [2.24, 2.45) is 13.0 Å². The second kappa shape index (κ2) is 6.43. The van der Waals surface area contributed by atoms with E-state index in [0.717, 1.165) is 17.1 Å². The molecule has 0 saturated heterocycles. The molecule has 2 rings (SSSR count). The Morgan fingerprint density at radius 1 is 1.10 bits per heavy atom. The lowest BCUT2D eigenvalue weighted by atomic mass is 10.2. The van der Waals surface area contributed by atoms with Crippen LogP contribution in [0.1, 0.15) is 32.5 Å². The zero-order valence-corrected chi connectivity index (χ0v) is 12.9. The van der Waals surface area contributed by atoms with E-state index in [9.17, 15) is 4.79 Å². The predicted molar refractivity (Wildman–Crippen MR) is 85.2 cm³/mol. The van der Waals surface area contributed by atoms with Crippen LogP contribution in [-0.2, 0) is 11.8 Å². The number of hydrogen-bond donors (Lipinski definition) is 2. The first kappa shape index (κ1) is 15.1. The van der Waals surface area contributed by atoms with Gasteiger partial charge in [0.15, 0.2) is 0 Å². The number of amides is 1. The van der Waals surface area contributed by atoms with Crippen molar-refractivity contribution >= 4 is 17.3 Å². The van der Waals surface area contributed by atoms with E-state index in [4.69, 9.17) is 0 Å². The van der Waals surface area contributed by atoms with E-state index in [-0.39, 0.29) is 17.9 Å². The molecule has 0 aliphatic carbocycles. The van der Waals surface area contributed by atoms with Crippen LogP contribution in [0.15, 0.2) is 36.5 Å². The van der Waals surface area contributed by atoms with E-state index in [1.807, 2.05) is 55.9 Å². The zero-order chi connectivity index (χ0) is 15.4. The molecule has 2 aromatic rings. The molecule has 1 heterocycles. The SMILES string of the molecule is CC(C)C(=O)Nc1ccc(NC(C)c2ccnn2C)cc1. The molecule has 0 saturated carbocycles. The minimum atomic E-state index is -0.0207. The van der Waals surface area contributed by atoms with Crippen molar-refractivity contribution in [2.45, 2.75) is 26.8 Å². The fourth-order valence-electron chi connectivity index (χ4n) is 2.07. The Morgan fingerprint density at radius 2 is 1.71 bits per heavy atom. The van der Waals surface area contributed by atoms with Crippen LogP contribution in [0.2, 0.25) is 0 Å². The van der Waals surface area contributed by atoms with Gasteiger partial charge in [0.25, 0.3) is 0 Å². The summed E-state index contributed by atoms with van der Waals surface area (Å²) in [6.07, 6.45) is 1.79. The highest BCUT2D eigenvalue weighted by atomic mass is 16.1. The predicted octanol–water partition coefficient (Wildman–Crippen LogP) is 3.19. The summed E-state index contributed by atoms with van der Waals surface area (Å²) in [4.78, 5) is 11.6. The van der Waals surface area contributed by atoms with Gasteiger partial charge in [0.05, 0.1) is 11.7 Å². The van der Waals surface area contributed by atoms with Gasteiger partial charge in [-0.1, -0.05) is 13.8 Å². The Hall–Kier alpha value is -2.30. The number of aryl methyl sites for hydroxylation is 1. The molecule has 0 fully saturated rings. The molecule has 1 atom stereocenters. The molecule has 1 unspecified atom stereocenters. The van der Waals surface area contributed by atoms with Gasteiger partial charge in [0, 0.05) is 30.5 Å². The molecule has 5 nitrogen and oxygen atoms in total. The molecular weight excluding hydrogens is 264 g/mol. The normalized spacial score (nSPS) is 12.2. The quantitative estimate of drug-likeness (QED) is 0.887. The number of nitrogens with one attached hydrogen (secondary N) is 2. The van der Waals surface area contributed by atoms with Crippen LogP contribution in [0, 0.1) is 5.92 Å². The zero-order valence-electron chi connectivity index (χ0n) is 12.9. The van der Waals surface area contributed by atoms with Crippen molar-refractivity contribution < 1.29 is 4.79 Å². The summed E-state index contributed by atoms with van der Waals surface area (Å²) in [7, 11) is 1.93. The molecule has 5 heteroatoms. The molecule has 0 aliphatic rings. The van der Waals surface area contributed by atoms with Crippen LogP contribution in [-0.4, -0.2) is 15.7 Å². The van der Waals surface area contributed by atoms with Crippen molar-refractivity contribution in [3.63, 3.8) is 0 Å². The summed E-state index contributed by atoms with van der Waals surface area (Å²) in [5, 5.41) is 10.5. The van der Waals surface area contributed by atoms with Crippen molar-refractivity contribution in [1.29, 1.82) is 0 Å². The highest BCUT2D eigenvalue weighted by molar-refractivity contribution is 5.92. The van der Waals surface area contributed by atoms with Crippen LogP contribution in [0.25, 0.3) is 0 Å². The first-order chi connectivity index (χ1) is 9.97. The van der Waals surface area contributed by atoms with Crippen molar-refractivity contribution in [2.75, 3.05) is 10.6 Å². The minimum Gasteiger partial charge on any atom is -0.377 e. The topological polar surface area (TPSA) is 59.0 Å². The van der Waals surface area contributed by atoms with Crippen molar-refractivity contribution in [3.8, 4) is 0 Å². The highest BCUT2D eigenvalue weighted by Crippen LogP contribution is 2.20. The largest absolute Gasteiger partial charge is 0.377 e. The molecule has 0 aliphatic heterocycles. The van der Waals surface area contributed by atoms with Gasteiger partial charge in [-0.15, -0.1) is 0 Å². The highest BCUT2D eigenvalue weighted by Gasteiger charge is 2.10. The van der Waals surface area contributed by atoms with Gasteiger partial charge in [0.1, 0.15) is 0 Å². The molecule has 2 N–H and O–H groups in total. The van der Waals surface area contributed by atoms with Gasteiger partial charge in [0.2, 0.25) is 5.91 Å². The third-order valence-electron chi connectivity index (χ3n) is 3.36. The lowest BCUT2D eigenvalue weighted by Gasteiger charge is -2.16.